The van der Waals surface area contributed by atoms with Gasteiger partial charge >= 0.3 is 0 Å². The van der Waals surface area contributed by atoms with Crippen LogP contribution in [-0.4, -0.2) is 112 Å². The zero-order valence-electron chi connectivity index (χ0n) is 17.2. The summed E-state index contributed by atoms with van der Waals surface area (Å²) in [5, 5.41) is 0. The SMILES string of the molecule is O=C(c1cccc(CN2CCOCC2)c1)N1CCN(S(=O)(=O)N2CCOCC2)CC1. The van der Waals surface area contributed by atoms with E-state index in [4.69, 9.17) is 9.47 Å². The Labute approximate surface area is 178 Å². The average Bonchev–Trinajstić information content (AvgIpc) is 2.80. The van der Waals surface area contributed by atoms with Crippen LogP contribution in [0.15, 0.2) is 24.3 Å². The molecule has 1 aromatic rings. The van der Waals surface area contributed by atoms with Crippen molar-refractivity contribution in [1.82, 2.24) is 18.4 Å². The fourth-order valence-electron chi connectivity index (χ4n) is 4.07. The zero-order valence-corrected chi connectivity index (χ0v) is 18.1. The van der Waals surface area contributed by atoms with Gasteiger partial charge in [-0.2, -0.15) is 17.0 Å². The number of benzene rings is 1. The number of ether oxygens (including phenoxy) is 2. The van der Waals surface area contributed by atoms with Gasteiger partial charge in [-0.15, -0.1) is 0 Å². The predicted molar refractivity (Wildman–Crippen MR) is 111 cm³/mol. The molecule has 3 aliphatic rings. The normalized spacial score (nSPS) is 22.9. The summed E-state index contributed by atoms with van der Waals surface area (Å²) in [5.41, 5.74) is 1.77. The van der Waals surface area contributed by atoms with Gasteiger partial charge in [-0.05, 0) is 17.7 Å². The highest BCUT2D eigenvalue weighted by Gasteiger charge is 2.34. The number of nitrogens with zero attached hydrogens (tertiary/aromatic N) is 4. The summed E-state index contributed by atoms with van der Waals surface area (Å²) in [6, 6.07) is 7.75. The number of carbonyl (C=O) groups excluding carboxylic acids is 1. The number of morpholine rings is 2. The summed E-state index contributed by atoms with van der Waals surface area (Å²) in [4.78, 5) is 17.1. The van der Waals surface area contributed by atoms with E-state index in [1.54, 1.807) is 4.90 Å². The van der Waals surface area contributed by atoms with Gasteiger partial charge in [0.2, 0.25) is 0 Å². The maximum Gasteiger partial charge on any atom is 0.282 e. The lowest BCUT2D eigenvalue weighted by molar-refractivity contribution is 0.0341. The molecule has 3 fully saturated rings. The molecule has 0 spiro atoms. The van der Waals surface area contributed by atoms with Gasteiger partial charge in [0.15, 0.2) is 0 Å². The van der Waals surface area contributed by atoms with Crippen LogP contribution in [0.4, 0.5) is 0 Å². The Kier molecular flexibility index (Phi) is 7.01. The minimum Gasteiger partial charge on any atom is -0.379 e. The Hall–Kier alpha value is -1.56. The third-order valence-electron chi connectivity index (χ3n) is 5.83. The molecule has 0 radical (unpaired) electrons. The summed E-state index contributed by atoms with van der Waals surface area (Å²) in [7, 11) is -3.49. The van der Waals surface area contributed by atoms with Gasteiger partial charge in [-0.1, -0.05) is 12.1 Å². The molecule has 30 heavy (non-hydrogen) atoms. The highest BCUT2D eigenvalue weighted by Crippen LogP contribution is 2.17. The molecule has 0 saturated carbocycles. The minimum absolute atomic E-state index is 0.0396. The topological polar surface area (TPSA) is 82.6 Å². The molecule has 9 nitrogen and oxygen atoms in total. The highest BCUT2D eigenvalue weighted by atomic mass is 32.2. The molecule has 3 heterocycles. The number of carbonyl (C=O) groups is 1. The summed E-state index contributed by atoms with van der Waals surface area (Å²) >= 11 is 0. The average molecular weight is 439 g/mol. The molecule has 4 rings (SSSR count). The molecule has 10 heteroatoms. The van der Waals surface area contributed by atoms with E-state index in [0.29, 0.717) is 58.0 Å². The quantitative estimate of drug-likeness (QED) is 0.636. The van der Waals surface area contributed by atoms with Crippen LogP contribution in [0.3, 0.4) is 0 Å². The number of rotatable bonds is 5. The summed E-state index contributed by atoms with van der Waals surface area (Å²) < 4.78 is 39.2. The Balaban J connectivity index is 1.34. The van der Waals surface area contributed by atoms with E-state index in [9.17, 15) is 13.2 Å². The first-order valence-electron chi connectivity index (χ1n) is 10.6. The second-order valence-electron chi connectivity index (χ2n) is 7.80. The first-order chi connectivity index (χ1) is 14.5. The first kappa shape index (κ1) is 21.7. The number of amides is 1. The predicted octanol–water partition coefficient (Wildman–Crippen LogP) is -0.146. The molecule has 0 aromatic heterocycles. The molecule has 3 aliphatic heterocycles. The van der Waals surface area contributed by atoms with Gasteiger partial charge in [0.05, 0.1) is 26.4 Å². The maximum absolute atomic E-state index is 13.0. The van der Waals surface area contributed by atoms with Crippen molar-refractivity contribution in [2.24, 2.45) is 0 Å². The summed E-state index contributed by atoms with van der Waals surface area (Å²) in [6.45, 7) is 7.16. The van der Waals surface area contributed by atoms with Crippen molar-refractivity contribution in [3.05, 3.63) is 35.4 Å². The Morgan fingerprint density at radius 1 is 0.833 bits per heavy atom. The van der Waals surface area contributed by atoms with E-state index in [0.717, 1.165) is 38.4 Å². The van der Waals surface area contributed by atoms with Crippen molar-refractivity contribution in [2.75, 3.05) is 78.8 Å². The van der Waals surface area contributed by atoms with E-state index in [2.05, 4.69) is 4.90 Å². The van der Waals surface area contributed by atoms with Crippen LogP contribution in [0.2, 0.25) is 0 Å². The monoisotopic (exact) mass is 438 g/mol. The van der Waals surface area contributed by atoms with Gasteiger partial charge < -0.3 is 14.4 Å². The standard InChI is InChI=1S/C20H30N4O5S/c25-20(19-3-1-2-18(16-19)17-21-8-12-28-13-9-21)22-4-6-23(7-5-22)30(26,27)24-10-14-29-15-11-24/h1-3,16H,4-15,17H2. The largest absolute Gasteiger partial charge is 0.379 e. The molecule has 0 N–H and O–H groups in total. The smallest absolute Gasteiger partial charge is 0.282 e. The third-order valence-corrected chi connectivity index (χ3v) is 7.87. The molecular weight excluding hydrogens is 408 g/mol. The second-order valence-corrected chi connectivity index (χ2v) is 9.73. The van der Waals surface area contributed by atoms with E-state index in [1.165, 1.54) is 8.61 Å². The van der Waals surface area contributed by atoms with Crippen LogP contribution in [0.1, 0.15) is 15.9 Å². The van der Waals surface area contributed by atoms with Crippen molar-refractivity contribution >= 4 is 16.1 Å². The highest BCUT2D eigenvalue weighted by molar-refractivity contribution is 7.86. The lowest BCUT2D eigenvalue weighted by Crippen LogP contribution is -2.55. The molecule has 0 unspecified atom stereocenters. The second kappa shape index (κ2) is 9.71. The Morgan fingerprint density at radius 2 is 1.43 bits per heavy atom. The maximum atomic E-state index is 13.0. The zero-order chi connectivity index (χ0) is 21.0. The van der Waals surface area contributed by atoms with E-state index in [1.807, 2.05) is 24.3 Å². The summed E-state index contributed by atoms with van der Waals surface area (Å²) in [5.74, 6) is -0.0396. The van der Waals surface area contributed by atoms with Crippen molar-refractivity contribution < 1.29 is 22.7 Å². The van der Waals surface area contributed by atoms with Gasteiger partial charge in [0.25, 0.3) is 16.1 Å². The van der Waals surface area contributed by atoms with Crippen LogP contribution in [0.25, 0.3) is 0 Å². The van der Waals surface area contributed by atoms with E-state index >= 15 is 0 Å². The third kappa shape index (κ3) is 5.01. The molecule has 0 bridgehead atoms. The van der Waals surface area contributed by atoms with E-state index in [-0.39, 0.29) is 5.91 Å². The van der Waals surface area contributed by atoms with Crippen molar-refractivity contribution in [2.45, 2.75) is 6.54 Å². The van der Waals surface area contributed by atoms with Crippen LogP contribution < -0.4 is 0 Å². The molecule has 3 saturated heterocycles. The van der Waals surface area contributed by atoms with Crippen molar-refractivity contribution in [1.29, 1.82) is 0 Å². The van der Waals surface area contributed by atoms with Gasteiger partial charge in [0, 0.05) is 64.5 Å². The van der Waals surface area contributed by atoms with Gasteiger partial charge in [-0.3, -0.25) is 9.69 Å². The Morgan fingerprint density at radius 3 is 2.10 bits per heavy atom. The summed E-state index contributed by atoms with van der Waals surface area (Å²) in [6.07, 6.45) is 0. The number of hydrogen-bond donors (Lipinski definition) is 0. The van der Waals surface area contributed by atoms with E-state index < -0.39 is 10.2 Å². The number of piperazine rings is 1. The van der Waals surface area contributed by atoms with Crippen molar-refractivity contribution in [3.63, 3.8) is 0 Å². The molecular formula is C20H30N4O5S. The van der Waals surface area contributed by atoms with Crippen LogP contribution in [-0.2, 0) is 26.2 Å². The molecule has 0 atom stereocenters. The minimum atomic E-state index is -3.49. The van der Waals surface area contributed by atoms with Crippen molar-refractivity contribution in [3.8, 4) is 0 Å². The fraction of sp³-hybridized carbons (Fsp3) is 0.650. The molecule has 0 aliphatic carbocycles. The van der Waals surface area contributed by atoms with Crippen LogP contribution in [0, 0.1) is 0 Å². The van der Waals surface area contributed by atoms with Gasteiger partial charge in [0.1, 0.15) is 0 Å². The first-order valence-corrected chi connectivity index (χ1v) is 11.9. The molecule has 166 valence electrons. The van der Waals surface area contributed by atoms with Crippen LogP contribution in [0.5, 0.6) is 0 Å². The lowest BCUT2D eigenvalue weighted by atomic mass is 10.1. The molecule has 1 amide bonds. The van der Waals surface area contributed by atoms with Gasteiger partial charge in [-0.25, -0.2) is 0 Å². The lowest BCUT2D eigenvalue weighted by Gasteiger charge is -2.37. The number of hydrogen-bond acceptors (Lipinski definition) is 6. The molecule has 1 aromatic carbocycles. The fourth-order valence-corrected chi connectivity index (χ4v) is 5.63. The van der Waals surface area contributed by atoms with Crippen LogP contribution >= 0.6 is 0 Å². The Bertz CT molecular complexity index is 829.